The second kappa shape index (κ2) is 5.19. The van der Waals surface area contributed by atoms with Crippen molar-refractivity contribution in [3.8, 4) is 0 Å². The monoisotopic (exact) mass is 297 g/mol. The standard InChI is InChI=1S/C17H12ClNO2/c1-10-4-2-5-11(8-10)14-15(17(21)19-16(14)20)12-6-3-7-13(18)9-12/h2-9H,1H3,(H,19,20,21). The largest absolute Gasteiger partial charge is 0.288 e. The van der Waals surface area contributed by atoms with Crippen molar-refractivity contribution in [1.29, 1.82) is 0 Å². The lowest BCUT2D eigenvalue weighted by atomic mass is 9.95. The molecule has 0 atom stereocenters. The van der Waals surface area contributed by atoms with Crippen LogP contribution in [0.25, 0.3) is 11.1 Å². The van der Waals surface area contributed by atoms with Gasteiger partial charge in [0.2, 0.25) is 0 Å². The summed E-state index contributed by atoms with van der Waals surface area (Å²) in [5.74, 6) is -0.764. The van der Waals surface area contributed by atoms with E-state index in [2.05, 4.69) is 5.32 Å². The van der Waals surface area contributed by atoms with Gasteiger partial charge in [-0.25, -0.2) is 0 Å². The summed E-state index contributed by atoms with van der Waals surface area (Å²) in [7, 11) is 0. The van der Waals surface area contributed by atoms with Crippen LogP contribution in [0, 0.1) is 6.92 Å². The molecule has 3 rings (SSSR count). The summed E-state index contributed by atoms with van der Waals surface area (Å²) in [5, 5.41) is 2.88. The maximum atomic E-state index is 12.1. The molecule has 1 aliphatic rings. The average molecular weight is 298 g/mol. The number of halogens is 1. The molecule has 3 nitrogen and oxygen atoms in total. The third-order valence-corrected chi connectivity index (χ3v) is 3.59. The number of hydrogen-bond acceptors (Lipinski definition) is 2. The Balaban J connectivity index is 2.25. The van der Waals surface area contributed by atoms with Crippen molar-refractivity contribution in [2.45, 2.75) is 6.92 Å². The highest BCUT2D eigenvalue weighted by Gasteiger charge is 2.32. The summed E-state index contributed by atoms with van der Waals surface area (Å²) in [5.41, 5.74) is 3.16. The first kappa shape index (κ1) is 13.6. The molecular formula is C17H12ClNO2. The number of imide groups is 1. The lowest BCUT2D eigenvalue weighted by Gasteiger charge is -2.06. The number of benzene rings is 2. The van der Waals surface area contributed by atoms with E-state index in [1.807, 2.05) is 31.2 Å². The van der Waals surface area contributed by atoms with Gasteiger partial charge < -0.3 is 0 Å². The van der Waals surface area contributed by atoms with Gasteiger partial charge in [0.25, 0.3) is 11.8 Å². The summed E-state index contributed by atoms with van der Waals surface area (Å²) in [4.78, 5) is 24.3. The highest BCUT2D eigenvalue weighted by Crippen LogP contribution is 2.32. The van der Waals surface area contributed by atoms with Crippen LogP contribution < -0.4 is 5.32 Å². The number of rotatable bonds is 2. The number of carbonyl (C=O) groups excluding carboxylic acids is 2. The first-order valence-electron chi connectivity index (χ1n) is 6.49. The van der Waals surface area contributed by atoms with Gasteiger partial charge in [-0.3, -0.25) is 14.9 Å². The molecule has 0 aliphatic carbocycles. The molecule has 1 N–H and O–H groups in total. The van der Waals surface area contributed by atoms with Gasteiger partial charge in [0, 0.05) is 5.02 Å². The molecule has 0 aromatic heterocycles. The topological polar surface area (TPSA) is 46.2 Å². The van der Waals surface area contributed by atoms with E-state index in [9.17, 15) is 9.59 Å². The van der Waals surface area contributed by atoms with Gasteiger partial charge in [0.1, 0.15) is 0 Å². The number of carbonyl (C=O) groups is 2. The summed E-state index contributed by atoms with van der Waals surface area (Å²) >= 11 is 5.99. The normalized spacial score (nSPS) is 14.6. The van der Waals surface area contributed by atoms with Gasteiger partial charge in [0.15, 0.2) is 0 Å². The molecule has 0 radical (unpaired) electrons. The predicted molar refractivity (Wildman–Crippen MR) is 82.6 cm³/mol. The van der Waals surface area contributed by atoms with Crippen molar-refractivity contribution in [3.05, 3.63) is 70.2 Å². The number of nitrogens with one attached hydrogen (secondary N) is 1. The molecule has 2 aromatic rings. The number of amides is 2. The molecule has 2 aromatic carbocycles. The molecule has 1 aliphatic heterocycles. The fourth-order valence-corrected chi connectivity index (χ4v) is 2.64. The molecular weight excluding hydrogens is 286 g/mol. The fourth-order valence-electron chi connectivity index (χ4n) is 2.45. The second-order valence-corrected chi connectivity index (χ2v) is 5.35. The highest BCUT2D eigenvalue weighted by molar-refractivity contribution is 6.49. The van der Waals surface area contributed by atoms with Gasteiger partial charge in [-0.05, 0) is 30.2 Å². The van der Waals surface area contributed by atoms with Crippen molar-refractivity contribution in [3.63, 3.8) is 0 Å². The van der Waals surface area contributed by atoms with Crippen molar-refractivity contribution in [2.24, 2.45) is 0 Å². The summed E-state index contributed by atoms with van der Waals surface area (Å²) in [6.07, 6.45) is 0. The average Bonchev–Trinajstić information content (AvgIpc) is 2.73. The first-order chi connectivity index (χ1) is 10.1. The number of aryl methyl sites for hydroxylation is 1. The van der Waals surface area contributed by atoms with E-state index in [0.29, 0.717) is 21.7 Å². The highest BCUT2D eigenvalue weighted by atomic mass is 35.5. The van der Waals surface area contributed by atoms with E-state index in [1.165, 1.54) is 0 Å². The quantitative estimate of drug-likeness (QED) is 0.865. The molecule has 0 fully saturated rings. The molecule has 0 unspecified atom stereocenters. The molecule has 0 spiro atoms. The molecule has 4 heteroatoms. The maximum absolute atomic E-state index is 12.1. The summed E-state index contributed by atoms with van der Waals surface area (Å²) in [6, 6.07) is 14.5. The molecule has 0 saturated carbocycles. The van der Waals surface area contributed by atoms with E-state index >= 15 is 0 Å². The minimum Gasteiger partial charge on any atom is -0.288 e. The SMILES string of the molecule is Cc1cccc(C2=C(c3cccc(Cl)c3)C(=O)NC2=O)c1. The van der Waals surface area contributed by atoms with Crippen LogP contribution in [-0.2, 0) is 9.59 Å². The minimum absolute atomic E-state index is 0.369. The zero-order chi connectivity index (χ0) is 15.0. The van der Waals surface area contributed by atoms with E-state index < -0.39 is 5.91 Å². The Morgan fingerprint density at radius 3 is 2.00 bits per heavy atom. The van der Waals surface area contributed by atoms with Crippen LogP contribution in [0.1, 0.15) is 16.7 Å². The lowest BCUT2D eigenvalue weighted by molar-refractivity contribution is -0.122. The van der Waals surface area contributed by atoms with Gasteiger partial charge in [-0.1, -0.05) is 53.6 Å². The third-order valence-electron chi connectivity index (χ3n) is 3.35. The summed E-state index contributed by atoms with van der Waals surface area (Å²) in [6.45, 7) is 1.94. The van der Waals surface area contributed by atoms with Gasteiger partial charge in [-0.15, -0.1) is 0 Å². The van der Waals surface area contributed by atoms with Crippen LogP contribution in [0.15, 0.2) is 48.5 Å². The van der Waals surface area contributed by atoms with Gasteiger partial charge >= 0.3 is 0 Å². The Kier molecular flexibility index (Phi) is 3.35. The fraction of sp³-hybridized carbons (Fsp3) is 0.0588. The Morgan fingerprint density at radius 2 is 1.43 bits per heavy atom. The van der Waals surface area contributed by atoms with E-state index in [0.717, 1.165) is 11.1 Å². The van der Waals surface area contributed by atoms with E-state index in [-0.39, 0.29) is 5.91 Å². The van der Waals surface area contributed by atoms with E-state index in [4.69, 9.17) is 11.6 Å². The van der Waals surface area contributed by atoms with Gasteiger partial charge in [-0.2, -0.15) is 0 Å². The van der Waals surface area contributed by atoms with Crippen molar-refractivity contribution >= 4 is 34.6 Å². The Bertz CT molecular complexity index is 727. The molecule has 21 heavy (non-hydrogen) atoms. The Hall–Kier alpha value is -2.39. The molecule has 0 saturated heterocycles. The van der Waals surface area contributed by atoms with Gasteiger partial charge in [0.05, 0.1) is 11.1 Å². The molecule has 0 bridgehead atoms. The molecule has 104 valence electrons. The predicted octanol–water partition coefficient (Wildman–Crippen LogP) is 3.22. The van der Waals surface area contributed by atoms with Crippen molar-refractivity contribution < 1.29 is 9.59 Å². The minimum atomic E-state index is -0.390. The zero-order valence-corrected chi connectivity index (χ0v) is 12.1. The van der Waals surface area contributed by atoms with Crippen LogP contribution >= 0.6 is 11.6 Å². The van der Waals surface area contributed by atoms with Crippen molar-refractivity contribution in [2.75, 3.05) is 0 Å². The maximum Gasteiger partial charge on any atom is 0.259 e. The van der Waals surface area contributed by atoms with E-state index in [1.54, 1.807) is 24.3 Å². The zero-order valence-electron chi connectivity index (χ0n) is 11.3. The summed E-state index contributed by atoms with van der Waals surface area (Å²) < 4.78 is 0. The van der Waals surface area contributed by atoms with Crippen LogP contribution in [-0.4, -0.2) is 11.8 Å². The first-order valence-corrected chi connectivity index (χ1v) is 6.87. The Labute approximate surface area is 127 Å². The molecule has 1 heterocycles. The smallest absolute Gasteiger partial charge is 0.259 e. The van der Waals surface area contributed by atoms with Crippen molar-refractivity contribution in [1.82, 2.24) is 5.32 Å². The van der Waals surface area contributed by atoms with Crippen LogP contribution in [0.5, 0.6) is 0 Å². The van der Waals surface area contributed by atoms with Crippen LogP contribution in [0.4, 0.5) is 0 Å². The van der Waals surface area contributed by atoms with Crippen LogP contribution in [0.3, 0.4) is 0 Å². The van der Waals surface area contributed by atoms with Crippen LogP contribution in [0.2, 0.25) is 5.02 Å². The lowest BCUT2D eigenvalue weighted by Crippen LogP contribution is -2.22. The third kappa shape index (κ3) is 2.48. The molecule has 2 amide bonds. The second-order valence-electron chi connectivity index (χ2n) is 4.91. The Morgan fingerprint density at radius 1 is 0.857 bits per heavy atom. The number of hydrogen-bond donors (Lipinski definition) is 1.